The Balaban J connectivity index is 2.61. The van der Waals surface area contributed by atoms with Gasteiger partial charge in [0, 0.05) is 6.54 Å². The van der Waals surface area contributed by atoms with Gasteiger partial charge in [0.05, 0.1) is 0 Å². The summed E-state index contributed by atoms with van der Waals surface area (Å²) < 4.78 is 5.07. The predicted octanol–water partition coefficient (Wildman–Crippen LogP) is 1.35. The van der Waals surface area contributed by atoms with Gasteiger partial charge in [0.2, 0.25) is 0 Å². The minimum Gasteiger partial charge on any atom is -0.482 e. The lowest BCUT2D eigenvalue weighted by Gasteiger charge is -2.18. The highest BCUT2D eigenvalue weighted by Gasteiger charge is 2.20. The molecule has 0 amide bonds. The maximum atomic E-state index is 11.1. The van der Waals surface area contributed by atoms with Crippen LogP contribution in [0.15, 0.2) is 24.3 Å². The molecular formula is C14H19NO5. The average Bonchev–Trinajstić information content (AvgIpc) is 2.36. The van der Waals surface area contributed by atoms with Crippen LogP contribution in [0.3, 0.4) is 0 Å². The Kier molecular flexibility index (Phi) is 5.99. The number of benzene rings is 1. The van der Waals surface area contributed by atoms with E-state index in [-0.39, 0.29) is 5.92 Å². The lowest BCUT2D eigenvalue weighted by atomic mass is 10.0. The van der Waals surface area contributed by atoms with E-state index in [4.69, 9.17) is 14.9 Å². The third kappa shape index (κ3) is 5.27. The molecule has 0 aliphatic heterocycles. The van der Waals surface area contributed by atoms with Crippen molar-refractivity contribution >= 4 is 11.9 Å². The van der Waals surface area contributed by atoms with Gasteiger partial charge in [-0.25, -0.2) is 4.79 Å². The molecule has 1 rings (SSSR count). The highest BCUT2D eigenvalue weighted by atomic mass is 16.5. The molecule has 0 unspecified atom stereocenters. The van der Waals surface area contributed by atoms with E-state index >= 15 is 0 Å². The Morgan fingerprint density at radius 2 is 2.00 bits per heavy atom. The van der Waals surface area contributed by atoms with E-state index in [9.17, 15) is 9.59 Å². The number of rotatable bonds is 8. The van der Waals surface area contributed by atoms with Gasteiger partial charge >= 0.3 is 11.9 Å². The fourth-order valence-electron chi connectivity index (χ4n) is 1.73. The first-order valence-corrected chi connectivity index (χ1v) is 6.30. The minimum atomic E-state index is -1.04. The molecular weight excluding hydrogens is 262 g/mol. The summed E-state index contributed by atoms with van der Waals surface area (Å²) >= 11 is 0. The topological polar surface area (TPSA) is 95.9 Å². The number of carbonyl (C=O) groups is 2. The van der Waals surface area contributed by atoms with Crippen molar-refractivity contribution in [2.75, 3.05) is 6.61 Å². The maximum Gasteiger partial charge on any atom is 0.341 e. The van der Waals surface area contributed by atoms with Crippen LogP contribution in [0.25, 0.3) is 0 Å². The summed E-state index contributed by atoms with van der Waals surface area (Å²) in [7, 11) is 0. The van der Waals surface area contributed by atoms with Crippen molar-refractivity contribution in [3.05, 3.63) is 29.8 Å². The molecule has 1 aromatic carbocycles. The second-order valence-corrected chi connectivity index (χ2v) is 4.77. The minimum absolute atomic E-state index is 0.0288. The Labute approximate surface area is 117 Å². The molecule has 1 atom stereocenters. The van der Waals surface area contributed by atoms with Crippen LogP contribution in [0.4, 0.5) is 0 Å². The molecule has 110 valence electrons. The zero-order valence-corrected chi connectivity index (χ0v) is 11.5. The highest BCUT2D eigenvalue weighted by Crippen LogP contribution is 2.14. The van der Waals surface area contributed by atoms with Gasteiger partial charge in [0.1, 0.15) is 11.8 Å². The largest absolute Gasteiger partial charge is 0.482 e. The average molecular weight is 281 g/mol. The maximum absolute atomic E-state index is 11.1. The Morgan fingerprint density at radius 1 is 1.30 bits per heavy atom. The van der Waals surface area contributed by atoms with Crippen LogP contribution in [0, 0.1) is 5.92 Å². The molecule has 6 nitrogen and oxygen atoms in total. The molecule has 0 radical (unpaired) electrons. The number of nitrogens with one attached hydrogen (secondary N) is 1. The SMILES string of the molecule is CC(C)[C@H](NCc1cccc(OCC(=O)O)c1)C(=O)O. The molecule has 0 heterocycles. The van der Waals surface area contributed by atoms with Crippen molar-refractivity contribution in [1.29, 1.82) is 0 Å². The molecule has 0 aliphatic rings. The molecule has 0 saturated heterocycles. The van der Waals surface area contributed by atoms with Gasteiger partial charge in [-0.2, -0.15) is 0 Å². The summed E-state index contributed by atoms with van der Waals surface area (Å²) in [5, 5.41) is 20.6. The van der Waals surface area contributed by atoms with Gasteiger partial charge in [-0.3, -0.25) is 4.79 Å². The smallest absolute Gasteiger partial charge is 0.341 e. The summed E-state index contributed by atoms with van der Waals surface area (Å²) in [6.45, 7) is 3.64. The van der Waals surface area contributed by atoms with Crippen molar-refractivity contribution in [2.24, 2.45) is 5.92 Å². The molecule has 0 bridgehead atoms. The number of hydrogen-bond donors (Lipinski definition) is 3. The molecule has 20 heavy (non-hydrogen) atoms. The first-order chi connectivity index (χ1) is 9.40. The van der Waals surface area contributed by atoms with Crippen molar-refractivity contribution in [2.45, 2.75) is 26.4 Å². The summed E-state index contributed by atoms with van der Waals surface area (Å²) in [5.41, 5.74) is 0.833. The van der Waals surface area contributed by atoms with Crippen molar-refractivity contribution in [1.82, 2.24) is 5.32 Å². The first kappa shape index (κ1) is 16.0. The first-order valence-electron chi connectivity index (χ1n) is 6.30. The van der Waals surface area contributed by atoms with E-state index in [1.807, 2.05) is 19.9 Å². The molecule has 0 aliphatic carbocycles. The molecule has 0 saturated carbocycles. The van der Waals surface area contributed by atoms with E-state index in [0.29, 0.717) is 12.3 Å². The van der Waals surface area contributed by atoms with Crippen LogP contribution >= 0.6 is 0 Å². The fourth-order valence-corrected chi connectivity index (χ4v) is 1.73. The predicted molar refractivity (Wildman–Crippen MR) is 72.7 cm³/mol. The van der Waals surface area contributed by atoms with Crippen LogP contribution in [0.5, 0.6) is 5.75 Å². The van der Waals surface area contributed by atoms with Gasteiger partial charge in [-0.1, -0.05) is 26.0 Å². The van der Waals surface area contributed by atoms with E-state index in [1.165, 1.54) is 0 Å². The van der Waals surface area contributed by atoms with Gasteiger partial charge in [-0.05, 0) is 23.6 Å². The van der Waals surface area contributed by atoms with Crippen LogP contribution in [-0.2, 0) is 16.1 Å². The Hall–Kier alpha value is -2.08. The zero-order valence-electron chi connectivity index (χ0n) is 11.5. The summed E-state index contributed by atoms with van der Waals surface area (Å²) in [4.78, 5) is 21.5. The van der Waals surface area contributed by atoms with Crippen LogP contribution in [-0.4, -0.2) is 34.8 Å². The molecule has 0 spiro atoms. The monoisotopic (exact) mass is 281 g/mol. The molecule has 0 aromatic heterocycles. The molecule has 1 aromatic rings. The van der Waals surface area contributed by atoms with E-state index in [1.54, 1.807) is 18.2 Å². The fraction of sp³-hybridized carbons (Fsp3) is 0.429. The van der Waals surface area contributed by atoms with E-state index < -0.39 is 24.6 Å². The van der Waals surface area contributed by atoms with Gasteiger partial charge < -0.3 is 20.3 Å². The van der Waals surface area contributed by atoms with Gasteiger partial charge in [-0.15, -0.1) is 0 Å². The van der Waals surface area contributed by atoms with Crippen LogP contribution < -0.4 is 10.1 Å². The Bertz CT molecular complexity index is 472. The zero-order chi connectivity index (χ0) is 15.1. The third-order valence-electron chi connectivity index (χ3n) is 2.72. The molecule has 6 heteroatoms. The van der Waals surface area contributed by atoms with E-state index in [2.05, 4.69) is 5.32 Å². The number of carboxylic acids is 2. The number of hydrogen-bond acceptors (Lipinski definition) is 4. The second kappa shape index (κ2) is 7.49. The van der Waals surface area contributed by atoms with Crippen LogP contribution in [0.1, 0.15) is 19.4 Å². The molecule has 0 fully saturated rings. The molecule has 3 N–H and O–H groups in total. The number of ether oxygens (including phenoxy) is 1. The lowest BCUT2D eigenvalue weighted by Crippen LogP contribution is -2.40. The van der Waals surface area contributed by atoms with Crippen molar-refractivity contribution < 1.29 is 24.5 Å². The summed E-state index contributed by atoms with van der Waals surface area (Å²) in [6, 6.07) is 6.27. The van der Waals surface area contributed by atoms with Gasteiger partial charge in [0.25, 0.3) is 0 Å². The number of carboxylic acid groups (broad SMARTS) is 2. The lowest BCUT2D eigenvalue weighted by molar-refractivity contribution is -0.141. The normalized spacial score (nSPS) is 12.2. The quantitative estimate of drug-likeness (QED) is 0.665. The standard InChI is InChI=1S/C14H19NO5/c1-9(2)13(14(18)19)15-7-10-4-3-5-11(6-10)20-8-12(16)17/h3-6,9,13,15H,7-8H2,1-2H3,(H,16,17)(H,18,19)/t13-/m0/s1. The highest BCUT2D eigenvalue weighted by molar-refractivity contribution is 5.73. The second-order valence-electron chi connectivity index (χ2n) is 4.77. The third-order valence-corrected chi connectivity index (χ3v) is 2.72. The number of aliphatic carboxylic acids is 2. The van der Waals surface area contributed by atoms with Crippen LogP contribution in [0.2, 0.25) is 0 Å². The van der Waals surface area contributed by atoms with Crippen molar-refractivity contribution in [3.8, 4) is 5.75 Å². The van der Waals surface area contributed by atoms with Crippen molar-refractivity contribution in [3.63, 3.8) is 0 Å². The van der Waals surface area contributed by atoms with Gasteiger partial charge in [0.15, 0.2) is 6.61 Å². The Morgan fingerprint density at radius 3 is 2.55 bits per heavy atom. The summed E-state index contributed by atoms with van der Waals surface area (Å²) in [6.07, 6.45) is 0. The summed E-state index contributed by atoms with van der Waals surface area (Å²) in [5.74, 6) is -1.51. The van der Waals surface area contributed by atoms with E-state index in [0.717, 1.165) is 5.56 Å².